The Hall–Kier alpha value is -0.0800. The molecule has 0 heterocycles. The smallest absolute Gasteiger partial charge is 0.00472 e. The van der Waals surface area contributed by atoms with Gasteiger partial charge in [-0.15, -0.1) is 0 Å². The minimum absolute atomic E-state index is 0.551. The molecule has 0 aliphatic heterocycles. The predicted octanol–water partition coefficient (Wildman–Crippen LogP) is 3.91. The van der Waals surface area contributed by atoms with E-state index in [2.05, 4.69) is 38.0 Å². The van der Waals surface area contributed by atoms with Gasteiger partial charge >= 0.3 is 0 Å². The largest absolute Gasteiger partial charge is 0.316 e. The molecular weight excluding hydrogens is 232 g/mol. The Bertz CT molecular complexity index is 221. The Morgan fingerprint density at radius 3 is 2.42 bits per heavy atom. The van der Waals surface area contributed by atoms with Gasteiger partial charge in [0.05, 0.1) is 0 Å². The minimum atomic E-state index is 0.551. The molecule has 0 aromatic heterocycles. The van der Waals surface area contributed by atoms with Crippen molar-refractivity contribution in [1.82, 2.24) is 10.2 Å². The van der Waals surface area contributed by atoms with E-state index in [1.165, 1.54) is 71.1 Å². The maximum atomic E-state index is 3.69. The number of hydrogen-bond donors (Lipinski definition) is 1. The van der Waals surface area contributed by atoms with Crippen LogP contribution in [0.25, 0.3) is 0 Å². The zero-order valence-electron chi connectivity index (χ0n) is 13.8. The van der Waals surface area contributed by atoms with Gasteiger partial charge in [0.2, 0.25) is 0 Å². The molecule has 0 bridgehead atoms. The van der Waals surface area contributed by atoms with Crippen molar-refractivity contribution in [2.24, 2.45) is 11.3 Å². The molecule has 2 nitrogen and oxygen atoms in total. The third-order valence-corrected chi connectivity index (χ3v) is 4.77. The molecule has 0 aromatic rings. The van der Waals surface area contributed by atoms with Gasteiger partial charge in [-0.05, 0) is 44.2 Å². The van der Waals surface area contributed by atoms with E-state index >= 15 is 0 Å². The fourth-order valence-corrected chi connectivity index (χ4v) is 3.52. The minimum Gasteiger partial charge on any atom is -0.316 e. The van der Waals surface area contributed by atoms with E-state index in [4.69, 9.17) is 0 Å². The number of nitrogens with one attached hydrogen (secondary N) is 1. The average Bonchev–Trinajstić information content (AvgIpc) is 2.39. The summed E-state index contributed by atoms with van der Waals surface area (Å²) in [5.74, 6) is 0.828. The Labute approximate surface area is 121 Å². The van der Waals surface area contributed by atoms with Gasteiger partial charge in [0.1, 0.15) is 0 Å². The molecule has 19 heavy (non-hydrogen) atoms. The lowest BCUT2D eigenvalue weighted by molar-refractivity contribution is 0.109. The second-order valence-corrected chi connectivity index (χ2v) is 6.95. The molecule has 0 saturated heterocycles. The van der Waals surface area contributed by atoms with Crippen molar-refractivity contribution in [2.45, 2.75) is 65.7 Å². The van der Waals surface area contributed by atoms with Gasteiger partial charge in [-0.2, -0.15) is 0 Å². The second-order valence-electron chi connectivity index (χ2n) is 6.95. The topological polar surface area (TPSA) is 15.3 Å². The van der Waals surface area contributed by atoms with Crippen LogP contribution in [0.3, 0.4) is 0 Å². The lowest BCUT2D eigenvalue weighted by Crippen LogP contribution is -2.45. The zero-order valence-corrected chi connectivity index (χ0v) is 13.8. The number of nitrogens with zero attached hydrogens (tertiary/aromatic N) is 1. The fourth-order valence-electron chi connectivity index (χ4n) is 3.52. The highest BCUT2D eigenvalue weighted by Gasteiger charge is 2.32. The molecule has 0 amide bonds. The molecule has 1 saturated carbocycles. The monoisotopic (exact) mass is 268 g/mol. The van der Waals surface area contributed by atoms with Crippen molar-refractivity contribution in [3.63, 3.8) is 0 Å². The summed E-state index contributed by atoms with van der Waals surface area (Å²) in [5.41, 5.74) is 0.551. The highest BCUT2D eigenvalue weighted by molar-refractivity contribution is 4.87. The summed E-state index contributed by atoms with van der Waals surface area (Å²) in [5, 5.41) is 3.69. The second kappa shape index (κ2) is 8.97. The molecule has 0 spiro atoms. The molecule has 2 heteroatoms. The van der Waals surface area contributed by atoms with Crippen LogP contribution in [-0.2, 0) is 0 Å². The zero-order chi connectivity index (χ0) is 14.1. The number of hydrogen-bond acceptors (Lipinski definition) is 2. The third-order valence-electron chi connectivity index (χ3n) is 4.77. The van der Waals surface area contributed by atoms with Crippen molar-refractivity contribution in [1.29, 1.82) is 0 Å². The molecule has 0 radical (unpaired) electrons. The van der Waals surface area contributed by atoms with Crippen LogP contribution in [0.15, 0.2) is 0 Å². The molecule has 1 atom stereocenters. The molecule has 1 aliphatic carbocycles. The van der Waals surface area contributed by atoms with Crippen LogP contribution in [0.1, 0.15) is 65.7 Å². The quantitative estimate of drug-likeness (QED) is 0.638. The van der Waals surface area contributed by atoms with Crippen molar-refractivity contribution >= 4 is 0 Å². The maximum absolute atomic E-state index is 3.69. The van der Waals surface area contributed by atoms with Crippen LogP contribution >= 0.6 is 0 Å². The first-order valence-electron chi connectivity index (χ1n) is 8.51. The highest BCUT2D eigenvalue weighted by Crippen LogP contribution is 2.36. The Balaban J connectivity index is 2.47. The summed E-state index contributed by atoms with van der Waals surface area (Å²) in [6.07, 6.45) is 9.72. The standard InChI is InChI=1S/C17H36N2/c1-5-12-18-14-17(10-8-7-9-11-17)15-19(4)13-16(3)6-2/h16,18H,5-15H2,1-4H3. The van der Waals surface area contributed by atoms with Gasteiger partial charge in [0.25, 0.3) is 0 Å². The first-order valence-corrected chi connectivity index (χ1v) is 8.51. The Kier molecular flexibility index (Phi) is 8.01. The van der Waals surface area contributed by atoms with E-state index in [9.17, 15) is 0 Å². The van der Waals surface area contributed by atoms with Crippen LogP contribution in [0, 0.1) is 11.3 Å². The van der Waals surface area contributed by atoms with Gasteiger partial charge in [0.15, 0.2) is 0 Å². The van der Waals surface area contributed by atoms with Crippen LogP contribution in [-0.4, -0.2) is 38.1 Å². The van der Waals surface area contributed by atoms with E-state index in [1.807, 2.05) is 0 Å². The third kappa shape index (κ3) is 6.27. The molecule has 1 unspecified atom stereocenters. The van der Waals surface area contributed by atoms with Gasteiger partial charge < -0.3 is 10.2 Å². The van der Waals surface area contributed by atoms with Crippen molar-refractivity contribution in [3.05, 3.63) is 0 Å². The molecule has 1 aliphatic rings. The summed E-state index contributed by atoms with van der Waals surface area (Å²) in [7, 11) is 2.32. The van der Waals surface area contributed by atoms with Gasteiger partial charge in [-0.25, -0.2) is 0 Å². The molecule has 1 rings (SSSR count). The molecular formula is C17H36N2. The first-order chi connectivity index (χ1) is 9.12. The van der Waals surface area contributed by atoms with E-state index in [0.717, 1.165) is 5.92 Å². The lowest BCUT2D eigenvalue weighted by atomic mass is 9.73. The normalized spacial score (nSPS) is 20.7. The molecule has 114 valence electrons. The van der Waals surface area contributed by atoms with E-state index < -0.39 is 0 Å². The number of rotatable bonds is 9. The van der Waals surface area contributed by atoms with Gasteiger partial charge in [-0.3, -0.25) is 0 Å². The average molecular weight is 268 g/mol. The Morgan fingerprint density at radius 1 is 1.16 bits per heavy atom. The Morgan fingerprint density at radius 2 is 1.84 bits per heavy atom. The van der Waals surface area contributed by atoms with Crippen LogP contribution in [0.4, 0.5) is 0 Å². The molecule has 1 fully saturated rings. The fraction of sp³-hybridized carbons (Fsp3) is 1.00. The van der Waals surface area contributed by atoms with Crippen molar-refractivity contribution in [2.75, 3.05) is 33.2 Å². The molecule has 0 aromatic carbocycles. The summed E-state index contributed by atoms with van der Waals surface area (Å²) in [6, 6.07) is 0. The summed E-state index contributed by atoms with van der Waals surface area (Å²) in [6.45, 7) is 11.9. The van der Waals surface area contributed by atoms with Gasteiger partial charge in [0, 0.05) is 19.6 Å². The van der Waals surface area contributed by atoms with Crippen LogP contribution in [0.5, 0.6) is 0 Å². The summed E-state index contributed by atoms with van der Waals surface area (Å²) in [4.78, 5) is 2.59. The van der Waals surface area contributed by atoms with Gasteiger partial charge in [-0.1, -0.05) is 46.5 Å². The van der Waals surface area contributed by atoms with Crippen molar-refractivity contribution < 1.29 is 0 Å². The predicted molar refractivity (Wildman–Crippen MR) is 85.6 cm³/mol. The van der Waals surface area contributed by atoms with E-state index in [-0.39, 0.29) is 0 Å². The maximum Gasteiger partial charge on any atom is 0.00472 e. The first kappa shape index (κ1) is 17.0. The van der Waals surface area contributed by atoms with Crippen LogP contribution < -0.4 is 5.32 Å². The highest BCUT2D eigenvalue weighted by atomic mass is 15.1. The molecule has 1 N–H and O–H groups in total. The SMILES string of the molecule is CCCNCC1(CN(C)CC(C)CC)CCCCC1. The lowest BCUT2D eigenvalue weighted by Gasteiger charge is -2.41. The summed E-state index contributed by atoms with van der Waals surface area (Å²) >= 11 is 0. The summed E-state index contributed by atoms with van der Waals surface area (Å²) < 4.78 is 0. The van der Waals surface area contributed by atoms with Crippen molar-refractivity contribution in [3.8, 4) is 0 Å². The van der Waals surface area contributed by atoms with E-state index in [1.54, 1.807) is 0 Å². The van der Waals surface area contributed by atoms with Crippen LogP contribution in [0.2, 0.25) is 0 Å². The van der Waals surface area contributed by atoms with E-state index in [0.29, 0.717) is 5.41 Å².